The summed E-state index contributed by atoms with van der Waals surface area (Å²) in [5, 5.41) is 20.9. The standard InChI is InChI=1S/C25H30N4O3S3.C2HF3O2/c1-17(2)29(35(31,32)22-8-5-13-33-22)21-7-4-6-18-14-20(27-23(18)21)24-26-15-19(34-24)16-28-11-9-25(3,30)10-12-28;3-2(4,5)1(6)7/h4-8,13-15,17,27,30H,9-12,16H2,1-3H3;(H,6,7). The number of para-hydroxylation sites is 1. The first-order chi connectivity index (χ1) is 19.6. The second-order valence-electron chi connectivity index (χ2n) is 10.5. The molecule has 0 saturated carbocycles. The number of alkyl halides is 3. The van der Waals surface area contributed by atoms with Gasteiger partial charge in [-0.1, -0.05) is 18.2 Å². The number of rotatable bonds is 7. The molecule has 0 atom stereocenters. The van der Waals surface area contributed by atoms with Gasteiger partial charge in [0.15, 0.2) is 0 Å². The predicted molar refractivity (Wildman–Crippen MR) is 157 cm³/mol. The molecular formula is C27H31F3N4O5S3. The van der Waals surface area contributed by atoms with Crippen LogP contribution in [0.2, 0.25) is 0 Å². The van der Waals surface area contributed by atoms with Crippen LogP contribution in [0.4, 0.5) is 18.9 Å². The molecule has 3 aromatic heterocycles. The van der Waals surface area contributed by atoms with Gasteiger partial charge in [0.2, 0.25) is 0 Å². The first kappa shape index (κ1) is 31.9. The first-order valence-electron chi connectivity index (χ1n) is 13.0. The molecule has 1 fully saturated rings. The Hall–Kier alpha value is -2.98. The number of carboxylic acid groups (broad SMARTS) is 1. The van der Waals surface area contributed by atoms with Crippen molar-refractivity contribution in [1.82, 2.24) is 14.9 Å². The predicted octanol–water partition coefficient (Wildman–Crippen LogP) is 5.94. The minimum Gasteiger partial charge on any atom is -0.475 e. The Morgan fingerprint density at radius 1 is 1.21 bits per heavy atom. The van der Waals surface area contributed by atoms with Gasteiger partial charge in [0.25, 0.3) is 10.0 Å². The number of aromatic nitrogens is 2. The second kappa shape index (κ2) is 12.3. The third-order valence-corrected chi connectivity index (χ3v) is 11.1. The summed E-state index contributed by atoms with van der Waals surface area (Å²) >= 11 is 2.87. The number of nitrogens with zero attached hydrogens (tertiary/aromatic N) is 3. The molecule has 0 unspecified atom stereocenters. The third-order valence-electron chi connectivity index (χ3n) is 6.69. The lowest BCUT2D eigenvalue weighted by Crippen LogP contribution is -2.41. The van der Waals surface area contributed by atoms with E-state index in [2.05, 4.69) is 14.9 Å². The molecule has 42 heavy (non-hydrogen) atoms. The van der Waals surface area contributed by atoms with E-state index in [1.54, 1.807) is 28.8 Å². The first-order valence-corrected chi connectivity index (χ1v) is 16.1. The van der Waals surface area contributed by atoms with Gasteiger partial charge in [-0.15, -0.1) is 22.7 Å². The molecule has 1 aromatic carbocycles. The number of thiazole rings is 1. The number of hydrogen-bond donors (Lipinski definition) is 3. The number of benzene rings is 1. The average Bonchev–Trinajstić information content (AvgIpc) is 3.66. The number of carbonyl (C=O) groups is 1. The van der Waals surface area contributed by atoms with E-state index in [4.69, 9.17) is 9.90 Å². The molecule has 0 radical (unpaired) electrons. The number of aromatic amines is 1. The molecule has 0 amide bonds. The van der Waals surface area contributed by atoms with Crippen LogP contribution in [0.3, 0.4) is 0 Å². The van der Waals surface area contributed by atoms with Crippen molar-refractivity contribution < 1.29 is 36.6 Å². The van der Waals surface area contributed by atoms with E-state index in [0.29, 0.717) is 9.90 Å². The molecule has 0 aliphatic carbocycles. The summed E-state index contributed by atoms with van der Waals surface area (Å²) in [6, 6.07) is 10.9. The number of anilines is 1. The lowest BCUT2D eigenvalue weighted by atomic mass is 9.94. The van der Waals surface area contributed by atoms with E-state index in [-0.39, 0.29) is 6.04 Å². The Bertz CT molecular complexity index is 1620. The maximum absolute atomic E-state index is 13.5. The molecule has 4 aromatic rings. The minimum atomic E-state index is -5.08. The number of hydrogen-bond acceptors (Lipinski definition) is 8. The van der Waals surface area contributed by atoms with Crippen LogP contribution in [0, 0.1) is 0 Å². The van der Waals surface area contributed by atoms with Crippen molar-refractivity contribution in [2.75, 3.05) is 17.4 Å². The van der Waals surface area contributed by atoms with Crippen molar-refractivity contribution in [3.63, 3.8) is 0 Å². The van der Waals surface area contributed by atoms with E-state index in [9.17, 15) is 26.7 Å². The van der Waals surface area contributed by atoms with Crippen LogP contribution >= 0.6 is 22.7 Å². The molecule has 9 nitrogen and oxygen atoms in total. The van der Waals surface area contributed by atoms with E-state index >= 15 is 0 Å². The molecule has 0 bridgehead atoms. The van der Waals surface area contributed by atoms with E-state index < -0.39 is 27.8 Å². The Morgan fingerprint density at radius 2 is 1.88 bits per heavy atom. The highest BCUT2D eigenvalue weighted by Crippen LogP contribution is 2.37. The number of carboxylic acids is 1. The number of aliphatic carboxylic acids is 1. The normalized spacial score (nSPS) is 15.9. The van der Waals surface area contributed by atoms with Crippen molar-refractivity contribution in [1.29, 1.82) is 0 Å². The van der Waals surface area contributed by atoms with Crippen LogP contribution in [0.25, 0.3) is 21.6 Å². The van der Waals surface area contributed by atoms with Gasteiger partial charge in [-0.05, 0) is 57.2 Å². The molecule has 1 saturated heterocycles. The van der Waals surface area contributed by atoms with Crippen LogP contribution in [0.15, 0.2) is 52.2 Å². The highest BCUT2D eigenvalue weighted by atomic mass is 32.2. The summed E-state index contributed by atoms with van der Waals surface area (Å²) in [4.78, 5) is 20.5. The topological polar surface area (TPSA) is 127 Å². The summed E-state index contributed by atoms with van der Waals surface area (Å²) in [6.45, 7) is 8.26. The molecule has 0 spiro atoms. The fraction of sp³-hybridized carbons (Fsp3) is 0.407. The molecule has 1 aliphatic heterocycles. The van der Waals surface area contributed by atoms with Gasteiger partial charge in [-0.2, -0.15) is 13.2 Å². The van der Waals surface area contributed by atoms with Crippen molar-refractivity contribution in [2.24, 2.45) is 0 Å². The highest BCUT2D eigenvalue weighted by Gasteiger charge is 2.38. The number of thiophene rings is 1. The lowest BCUT2D eigenvalue weighted by molar-refractivity contribution is -0.192. The molecule has 1 aliphatic rings. The van der Waals surface area contributed by atoms with Gasteiger partial charge >= 0.3 is 12.1 Å². The Balaban J connectivity index is 0.000000517. The summed E-state index contributed by atoms with van der Waals surface area (Å²) in [5.41, 5.74) is 1.74. The zero-order chi connectivity index (χ0) is 30.9. The number of H-pyrrole nitrogens is 1. The van der Waals surface area contributed by atoms with E-state index in [1.165, 1.54) is 20.5 Å². The average molecular weight is 645 g/mol. The van der Waals surface area contributed by atoms with Gasteiger partial charge in [-0.25, -0.2) is 18.2 Å². The van der Waals surface area contributed by atoms with Crippen molar-refractivity contribution >= 4 is 55.3 Å². The number of sulfonamides is 1. The number of fused-ring (bicyclic) bond motifs is 1. The zero-order valence-electron chi connectivity index (χ0n) is 23.1. The van der Waals surface area contributed by atoms with Gasteiger partial charge in [-0.3, -0.25) is 9.21 Å². The summed E-state index contributed by atoms with van der Waals surface area (Å²) in [6.07, 6.45) is -1.60. The van der Waals surface area contributed by atoms with Gasteiger partial charge in [0, 0.05) is 42.1 Å². The second-order valence-corrected chi connectivity index (χ2v) is 14.6. The largest absolute Gasteiger partial charge is 0.490 e. The van der Waals surface area contributed by atoms with Crippen LogP contribution in [-0.4, -0.2) is 70.4 Å². The zero-order valence-corrected chi connectivity index (χ0v) is 25.5. The lowest BCUT2D eigenvalue weighted by Gasteiger charge is -2.35. The summed E-state index contributed by atoms with van der Waals surface area (Å²) in [5.74, 6) is -2.76. The maximum Gasteiger partial charge on any atom is 0.490 e. The van der Waals surface area contributed by atoms with Gasteiger partial charge in [0.1, 0.15) is 9.22 Å². The quantitative estimate of drug-likeness (QED) is 0.227. The molecule has 4 heterocycles. The molecule has 15 heteroatoms. The van der Waals surface area contributed by atoms with Crippen molar-refractivity contribution in [2.45, 2.75) is 62.2 Å². The smallest absolute Gasteiger partial charge is 0.475 e. The van der Waals surface area contributed by atoms with E-state index in [1.807, 2.05) is 51.2 Å². The fourth-order valence-electron chi connectivity index (χ4n) is 4.55. The van der Waals surface area contributed by atoms with Crippen LogP contribution in [0.1, 0.15) is 38.5 Å². The van der Waals surface area contributed by atoms with Crippen LogP contribution in [-0.2, 0) is 21.4 Å². The Morgan fingerprint density at radius 3 is 2.45 bits per heavy atom. The number of likely N-dealkylation sites (tertiary alicyclic amines) is 1. The highest BCUT2D eigenvalue weighted by molar-refractivity contribution is 7.94. The molecule has 3 N–H and O–H groups in total. The Labute approximate surface area is 249 Å². The minimum absolute atomic E-state index is 0.253. The fourth-order valence-corrected chi connectivity index (χ4v) is 8.23. The van der Waals surface area contributed by atoms with Gasteiger partial charge < -0.3 is 15.2 Å². The molecule has 5 rings (SSSR count). The third kappa shape index (κ3) is 7.32. The number of nitrogens with one attached hydrogen (secondary N) is 1. The monoisotopic (exact) mass is 644 g/mol. The van der Waals surface area contributed by atoms with Crippen LogP contribution < -0.4 is 4.31 Å². The van der Waals surface area contributed by atoms with Crippen LogP contribution in [0.5, 0.6) is 0 Å². The number of aliphatic hydroxyl groups is 1. The number of halogens is 3. The SMILES string of the molecule is CC(C)N(c1cccc2cc(-c3ncc(CN4CCC(C)(O)CC4)s3)[nH]c12)S(=O)(=O)c1cccs1.O=C(O)C(F)(F)F. The summed E-state index contributed by atoms with van der Waals surface area (Å²) in [7, 11) is -3.68. The van der Waals surface area contributed by atoms with Crippen molar-refractivity contribution in [3.8, 4) is 10.7 Å². The summed E-state index contributed by atoms with van der Waals surface area (Å²) < 4.78 is 60.5. The van der Waals surface area contributed by atoms with Crippen molar-refractivity contribution in [3.05, 3.63) is 52.9 Å². The maximum atomic E-state index is 13.5. The molecular weight excluding hydrogens is 614 g/mol. The van der Waals surface area contributed by atoms with Gasteiger partial charge in [0.05, 0.1) is 22.5 Å². The van der Waals surface area contributed by atoms with E-state index in [0.717, 1.165) is 54.1 Å². The Kier molecular flexibility index (Phi) is 9.37. The molecule has 228 valence electrons. The number of piperidine rings is 1.